The summed E-state index contributed by atoms with van der Waals surface area (Å²) in [5.74, 6) is -0.375. The van der Waals surface area contributed by atoms with Crippen molar-refractivity contribution in [2.24, 2.45) is 5.73 Å². The van der Waals surface area contributed by atoms with E-state index in [0.717, 1.165) is 11.4 Å². The molecular formula is C11H18ClN3O2. The van der Waals surface area contributed by atoms with Gasteiger partial charge in [-0.1, -0.05) is 11.6 Å². The lowest BCUT2D eigenvalue weighted by Gasteiger charge is -2.11. The lowest BCUT2D eigenvalue weighted by Crippen LogP contribution is -2.33. The minimum absolute atomic E-state index is 0.346. The number of carbonyl (C=O) groups excluding carboxylic acids is 1. The molecule has 1 atom stereocenters. The van der Waals surface area contributed by atoms with Crippen LogP contribution in [-0.4, -0.2) is 28.4 Å². The van der Waals surface area contributed by atoms with E-state index in [4.69, 9.17) is 22.1 Å². The largest absolute Gasteiger partial charge is 0.465 e. The van der Waals surface area contributed by atoms with E-state index < -0.39 is 6.04 Å². The molecular weight excluding hydrogens is 242 g/mol. The second-order valence-corrected chi connectivity index (χ2v) is 4.23. The molecule has 0 aromatic carbocycles. The Kier molecular flexibility index (Phi) is 4.96. The van der Waals surface area contributed by atoms with Gasteiger partial charge in [-0.25, -0.2) is 0 Å². The van der Waals surface area contributed by atoms with Crippen molar-refractivity contribution in [3.8, 4) is 0 Å². The van der Waals surface area contributed by atoms with Crippen molar-refractivity contribution in [1.82, 2.24) is 9.78 Å². The third-order valence-electron chi connectivity index (χ3n) is 2.53. The van der Waals surface area contributed by atoms with E-state index in [9.17, 15) is 4.79 Å². The van der Waals surface area contributed by atoms with Crippen LogP contribution in [0.2, 0.25) is 5.02 Å². The van der Waals surface area contributed by atoms with Crippen molar-refractivity contribution in [2.45, 2.75) is 39.8 Å². The number of nitrogens with zero attached hydrogens (tertiary/aromatic N) is 2. The summed E-state index contributed by atoms with van der Waals surface area (Å²) in [5.41, 5.74) is 7.37. The number of hydrogen-bond donors (Lipinski definition) is 1. The van der Waals surface area contributed by atoms with Gasteiger partial charge in [-0.15, -0.1) is 0 Å². The third-order valence-corrected chi connectivity index (χ3v) is 3.08. The SMILES string of the molecule is CCOC(=O)C(N)CCn1nc(C)c(Cl)c1C. The van der Waals surface area contributed by atoms with E-state index in [1.54, 1.807) is 11.6 Å². The van der Waals surface area contributed by atoms with Crippen LogP contribution in [0.15, 0.2) is 0 Å². The van der Waals surface area contributed by atoms with Gasteiger partial charge in [0.2, 0.25) is 0 Å². The van der Waals surface area contributed by atoms with E-state index in [1.807, 2.05) is 13.8 Å². The summed E-state index contributed by atoms with van der Waals surface area (Å²) in [4.78, 5) is 11.3. The van der Waals surface area contributed by atoms with E-state index in [1.165, 1.54) is 0 Å². The molecule has 1 heterocycles. The van der Waals surface area contributed by atoms with Crippen molar-refractivity contribution in [2.75, 3.05) is 6.61 Å². The van der Waals surface area contributed by atoms with E-state index >= 15 is 0 Å². The Labute approximate surface area is 106 Å². The molecule has 17 heavy (non-hydrogen) atoms. The number of nitrogens with two attached hydrogens (primary N) is 1. The Bertz CT molecular complexity index is 404. The molecule has 1 unspecified atom stereocenters. The zero-order valence-electron chi connectivity index (χ0n) is 10.4. The Balaban J connectivity index is 2.55. The first-order valence-corrected chi connectivity index (χ1v) is 5.96. The standard InChI is InChI=1S/C11H18ClN3O2/c1-4-17-11(16)9(13)5-6-15-8(3)10(12)7(2)14-15/h9H,4-6,13H2,1-3H3. The summed E-state index contributed by atoms with van der Waals surface area (Å²) in [6, 6.07) is -0.613. The van der Waals surface area contributed by atoms with E-state index in [2.05, 4.69) is 5.10 Å². The van der Waals surface area contributed by atoms with Gasteiger partial charge in [0.05, 0.1) is 23.0 Å². The van der Waals surface area contributed by atoms with Gasteiger partial charge >= 0.3 is 5.97 Å². The van der Waals surface area contributed by atoms with Crippen LogP contribution in [0.25, 0.3) is 0 Å². The first kappa shape index (κ1) is 14.0. The van der Waals surface area contributed by atoms with Crippen LogP contribution < -0.4 is 5.73 Å². The predicted octanol–water partition coefficient (Wildman–Crippen LogP) is 1.43. The van der Waals surface area contributed by atoms with Gasteiger partial charge in [0.15, 0.2) is 0 Å². The maximum atomic E-state index is 11.3. The van der Waals surface area contributed by atoms with Gasteiger partial charge in [-0.3, -0.25) is 9.48 Å². The molecule has 0 spiro atoms. The average Bonchev–Trinajstić information content (AvgIpc) is 2.54. The number of carbonyl (C=O) groups is 1. The lowest BCUT2D eigenvalue weighted by atomic mass is 10.2. The summed E-state index contributed by atoms with van der Waals surface area (Å²) >= 11 is 6.02. The second kappa shape index (κ2) is 6.02. The first-order chi connectivity index (χ1) is 7.97. The minimum atomic E-state index is -0.613. The van der Waals surface area contributed by atoms with Crippen molar-refractivity contribution >= 4 is 17.6 Å². The molecule has 2 N–H and O–H groups in total. The number of aryl methyl sites for hydroxylation is 2. The van der Waals surface area contributed by atoms with Gasteiger partial charge in [0.1, 0.15) is 6.04 Å². The zero-order valence-corrected chi connectivity index (χ0v) is 11.1. The van der Waals surface area contributed by atoms with Gasteiger partial charge < -0.3 is 10.5 Å². The molecule has 1 aromatic heterocycles. The Hall–Kier alpha value is -1.07. The topological polar surface area (TPSA) is 70.1 Å². The van der Waals surface area contributed by atoms with E-state index in [0.29, 0.717) is 24.6 Å². The van der Waals surface area contributed by atoms with Crippen LogP contribution in [-0.2, 0) is 16.1 Å². The molecule has 1 aromatic rings. The molecule has 96 valence electrons. The maximum absolute atomic E-state index is 11.3. The molecule has 6 heteroatoms. The number of hydrogen-bond acceptors (Lipinski definition) is 4. The normalized spacial score (nSPS) is 12.5. The van der Waals surface area contributed by atoms with Crippen LogP contribution in [0.4, 0.5) is 0 Å². The highest BCUT2D eigenvalue weighted by molar-refractivity contribution is 6.31. The highest BCUT2D eigenvalue weighted by Gasteiger charge is 2.16. The van der Waals surface area contributed by atoms with Crippen LogP contribution in [0.3, 0.4) is 0 Å². The van der Waals surface area contributed by atoms with Crippen molar-refractivity contribution < 1.29 is 9.53 Å². The predicted molar refractivity (Wildman–Crippen MR) is 65.9 cm³/mol. The van der Waals surface area contributed by atoms with Crippen LogP contribution in [0.5, 0.6) is 0 Å². The summed E-state index contributed by atoms with van der Waals surface area (Å²) in [6.07, 6.45) is 0.483. The molecule has 0 radical (unpaired) electrons. The van der Waals surface area contributed by atoms with Crippen LogP contribution >= 0.6 is 11.6 Å². The fourth-order valence-electron chi connectivity index (χ4n) is 1.52. The quantitative estimate of drug-likeness (QED) is 0.813. The Morgan fingerprint density at radius 2 is 2.24 bits per heavy atom. The summed E-state index contributed by atoms with van der Waals surface area (Å²) in [6.45, 7) is 6.39. The maximum Gasteiger partial charge on any atom is 0.322 e. The Morgan fingerprint density at radius 3 is 2.71 bits per heavy atom. The Morgan fingerprint density at radius 1 is 1.59 bits per heavy atom. The molecule has 5 nitrogen and oxygen atoms in total. The average molecular weight is 260 g/mol. The lowest BCUT2D eigenvalue weighted by molar-refractivity contribution is -0.144. The van der Waals surface area contributed by atoms with Crippen molar-refractivity contribution in [1.29, 1.82) is 0 Å². The molecule has 0 amide bonds. The van der Waals surface area contributed by atoms with Crippen LogP contribution in [0.1, 0.15) is 24.7 Å². The number of aromatic nitrogens is 2. The van der Waals surface area contributed by atoms with Gasteiger partial charge in [0, 0.05) is 6.54 Å². The fraction of sp³-hybridized carbons (Fsp3) is 0.636. The zero-order chi connectivity index (χ0) is 13.0. The summed E-state index contributed by atoms with van der Waals surface area (Å²) < 4.78 is 6.59. The third kappa shape index (κ3) is 3.44. The molecule has 0 bridgehead atoms. The first-order valence-electron chi connectivity index (χ1n) is 5.59. The smallest absolute Gasteiger partial charge is 0.322 e. The minimum Gasteiger partial charge on any atom is -0.465 e. The second-order valence-electron chi connectivity index (χ2n) is 3.86. The van der Waals surface area contributed by atoms with Gasteiger partial charge in [-0.05, 0) is 27.2 Å². The molecule has 0 fully saturated rings. The molecule has 0 aliphatic heterocycles. The highest BCUT2D eigenvalue weighted by atomic mass is 35.5. The molecule has 0 saturated carbocycles. The number of ether oxygens (including phenoxy) is 1. The van der Waals surface area contributed by atoms with E-state index in [-0.39, 0.29) is 5.97 Å². The number of esters is 1. The van der Waals surface area contributed by atoms with Crippen LogP contribution in [0, 0.1) is 13.8 Å². The summed E-state index contributed by atoms with van der Waals surface area (Å²) in [7, 11) is 0. The van der Waals surface area contributed by atoms with Crippen molar-refractivity contribution in [3.05, 3.63) is 16.4 Å². The van der Waals surface area contributed by atoms with Crippen molar-refractivity contribution in [3.63, 3.8) is 0 Å². The molecule has 0 saturated heterocycles. The number of rotatable bonds is 5. The highest BCUT2D eigenvalue weighted by Crippen LogP contribution is 2.19. The monoisotopic (exact) mass is 259 g/mol. The molecule has 0 aliphatic rings. The molecule has 0 aliphatic carbocycles. The summed E-state index contributed by atoms with van der Waals surface area (Å²) in [5, 5.41) is 4.93. The fourth-order valence-corrected chi connectivity index (χ4v) is 1.66. The molecule has 1 rings (SSSR count). The number of halogens is 1. The van der Waals surface area contributed by atoms with Gasteiger partial charge in [-0.2, -0.15) is 5.10 Å². The van der Waals surface area contributed by atoms with Gasteiger partial charge in [0.25, 0.3) is 0 Å².